The maximum Gasteiger partial charge on any atom is 0.420 e. The van der Waals surface area contributed by atoms with E-state index in [-0.39, 0.29) is 0 Å². The molecule has 4 rings (SSSR count). The minimum Gasteiger partial charge on any atom is -0.497 e. The Bertz CT molecular complexity index is 1250. The second kappa shape index (κ2) is 8.34. The normalized spacial score (nSPS) is 11.4. The molecule has 0 fully saturated rings. The number of hydrogen-bond donors (Lipinski definition) is 0. The monoisotopic (exact) mass is 431 g/mol. The highest BCUT2D eigenvalue weighted by Crippen LogP contribution is 2.31. The summed E-state index contributed by atoms with van der Waals surface area (Å²) in [6.45, 7) is 5.49. The quantitative estimate of drug-likeness (QED) is 0.421. The van der Waals surface area contributed by atoms with Gasteiger partial charge in [-0.3, -0.25) is 0 Å². The van der Waals surface area contributed by atoms with Crippen molar-refractivity contribution in [1.29, 1.82) is 0 Å². The highest BCUT2D eigenvalue weighted by molar-refractivity contribution is 5.96. The number of benzene rings is 2. The highest BCUT2D eigenvalue weighted by Gasteiger charge is 2.22. The Morgan fingerprint density at radius 2 is 1.38 bits per heavy atom. The average molecular weight is 431 g/mol. The van der Waals surface area contributed by atoms with Crippen LogP contribution in [0, 0.1) is 0 Å². The molecule has 7 heteroatoms. The topological polar surface area (TPSA) is 75.5 Å². The minimum absolute atomic E-state index is 0.478. The van der Waals surface area contributed by atoms with Crippen LogP contribution in [0.3, 0.4) is 0 Å². The fraction of sp³-hybridized carbons (Fsp3) is 0.240. The second-order valence-corrected chi connectivity index (χ2v) is 8.26. The zero-order chi connectivity index (χ0) is 22.9. The Morgan fingerprint density at radius 3 is 1.91 bits per heavy atom. The molecule has 0 aliphatic carbocycles. The third-order valence-corrected chi connectivity index (χ3v) is 4.85. The molecule has 7 nitrogen and oxygen atoms in total. The van der Waals surface area contributed by atoms with Crippen molar-refractivity contribution in [1.82, 2.24) is 14.5 Å². The largest absolute Gasteiger partial charge is 0.497 e. The first-order valence-corrected chi connectivity index (χ1v) is 10.2. The van der Waals surface area contributed by atoms with Gasteiger partial charge in [0, 0.05) is 22.7 Å². The Hall–Kier alpha value is -3.87. The molecule has 0 radical (unpaired) electrons. The smallest absolute Gasteiger partial charge is 0.420 e. The standard InChI is InChI=1S/C25H25N3O4/c1-25(2,3)32-24(29)28-15-14-20-21(16-6-10-18(30-4)11-7-16)26-22(27-23(20)28)17-8-12-19(31-5)13-9-17/h6-15H,1-5H3. The first-order valence-electron chi connectivity index (χ1n) is 10.2. The molecule has 0 atom stereocenters. The van der Waals surface area contributed by atoms with E-state index in [1.165, 1.54) is 4.57 Å². The van der Waals surface area contributed by atoms with E-state index in [0.717, 1.165) is 28.0 Å². The van der Waals surface area contributed by atoms with Crippen LogP contribution in [0.1, 0.15) is 20.8 Å². The first kappa shape index (κ1) is 21.4. The van der Waals surface area contributed by atoms with Crippen LogP contribution in [0.2, 0.25) is 0 Å². The minimum atomic E-state index is -0.627. The molecule has 0 spiro atoms. The Labute approximate surface area is 186 Å². The summed E-state index contributed by atoms with van der Waals surface area (Å²) in [6, 6.07) is 16.9. The first-order chi connectivity index (χ1) is 15.3. The van der Waals surface area contributed by atoms with Gasteiger partial charge in [-0.15, -0.1) is 0 Å². The van der Waals surface area contributed by atoms with E-state index in [1.54, 1.807) is 20.4 Å². The van der Waals surface area contributed by atoms with Crippen LogP contribution in [0.25, 0.3) is 33.7 Å². The molecule has 0 saturated carbocycles. The maximum atomic E-state index is 12.8. The number of methoxy groups -OCH3 is 2. The number of nitrogens with zero attached hydrogens (tertiary/aromatic N) is 3. The van der Waals surface area contributed by atoms with Crippen LogP contribution < -0.4 is 9.47 Å². The third kappa shape index (κ3) is 4.27. The van der Waals surface area contributed by atoms with Gasteiger partial charge in [0.25, 0.3) is 0 Å². The third-order valence-electron chi connectivity index (χ3n) is 4.85. The molecule has 2 aromatic heterocycles. The lowest BCUT2D eigenvalue weighted by Gasteiger charge is -2.19. The van der Waals surface area contributed by atoms with Crippen LogP contribution in [0.15, 0.2) is 60.8 Å². The summed E-state index contributed by atoms with van der Waals surface area (Å²) in [7, 11) is 3.24. The SMILES string of the molecule is COc1ccc(-c2nc(-c3ccc(OC)cc3)c3ccn(C(=O)OC(C)(C)C)c3n2)cc1. The molecule has 4 aromatic rings. The van der Waals surface area contributed by atoms with Crippen molar-refractivity contribution in [3.8, 4) is 34.1 Å². The number of hydrogen-bond acceptors (Lipinski definition) is 6. The van der Waals surface area contributed by atoms with Crippen LogP contribution in [0.4, 0.5) is 4.79 Å². The number of carbonyl (C=O) groups is 1. The van der Waals surface area contributed by atoms with Crippen molar-refractivity contribution in [3.63, 3.8) is 0 Å². The van der Waals surface area contributed by atoms with Crippen LogP contribution >= 0.6 is 0 Å². The molecule has 2 heterocycles. The number of carbonyl (C=O) groups excluding carboxylic acids is 1. The highest BCUT2D eigenvalue weighted by atomic mass is 16.6. The van der Waals surface area contributed by atoms with E-state index in [2.05, 4.69) is 0 Å². The molecule has 0 saturated heterocycles. The number of aromatic nitrogens is 3. The molecular weight excluding hydrogens is 406 g/mol. The van der Waals surface area contributed by atoms with Gasteiger partial charge in [0.1, 0.15) is 17.1 Å². The molecule has 0 amide bonds. The summed E-state index contributed by atoms with van der Waals surface area (Å²) >= 11 is 0. The fourth-order valence-corrected chi connectivity index (χ4v) is 3.31. The van der Waals surface area contributed by atoms with Crippen LogP contribution in [-0.2, 0) is 4.74 Å². The molecule has 0 N–H and O–H groups in total. The van der Waals surface area contributed by atoms with Gasteiger partial charge in [0.15, 0.2) is 11.5 Å². The van der Waals surface area contributed by atoms with E-state index in [0.29, 0.717) is 17.2 Å². The lowest BCUT2D eigenvalue weighted by atomic mass is 10.1. The molecule has 0 unspecified atom stereocenters. The zero-order valence-electron chi connectivity index (χ0n) is 18.7. The lowest BCUT2D eigenvalue weighted by Crippen LogP contribution is -2.26. The van der Waals surface area contributed by atoms with Gasteiger partial charge >= 0.3 is 6.09 Å². The van der Waals surface area contributed by atoms with Crippen molar-refractivity contribution >= 4 is 17.1 Å². The van der Waals surface area contributed by atoms with Gasteiger partial charge in [-0.2, -0.15) is 0 Å². The van der Waals surface area contributed by atoms with Gasteiger partial charge in [-0.1, -0.05) is 0 Å². The molecule has 0 aliphatic heterocycles. The Morgan fingerprint density at radius 1 is 0.812 bits per heavy atom. The van der Waals surface area contributed by atoms with E-state index >= 15 is 0 Å². The van der Waals surface area contributed by atoms with Crippen LogP contribution in [-0.4, -0.2) is 40.4 Å². The number of ether oxygens (including phenoxy) is 3. The van der Waals surface area contributed by atoms with E-state index in [9.17, 15) is 4.79 Å². The van der Waals surface area contributed by atoms with Gasteiger partial charge in [0.05, 0.1) is 19.9 Å². The van der Waals surface area contributed by atoms with Crippen molar-refractivity contribution < 1.29 is 19.0 Å². The van der Waals surface area contributed by atoms with E-state index < -0.39 is 11.7 Å². The average Bonchev–Trinajstić information content (AvgIpc) is 3.22. The van der Waals surface area contributed by atoms with Crippen molar-refractivity contribution in [3.05, 3.63) is 60.8 Å². The molecule has 164 valence electrons. The molecule has 2 aromatic carbocycles. The summed E-state index contributed by atoms with van der Waals surface area (Å²) in [4.78, 5) is 22.4. The predicted octanol–water partition coefficient (Wildman–Crippen LogP) is 5.57. The summed E-state index contributed by atoms with van der Waals surface area (Å²) in [6.07, 6.45) is 1.17. The van der Waals surface area contributed by atoms with Crippen molar-refractivity contribution in [2.75, 3.05) is 14.2 Å². The number of fused-ring (bicyclic) bond motifs is 1. The Balaban J connectivity index is 1.91. The number of rotatable bonds is 4. The Kier molecular flexibility index (Phi) is 5.57. The molecule has 32 heavy (non-hydrogen) atoms. The molecule has 0 bridgehead atoms. The van der Waals surface area contributed by atoms with Gasteiger partial charge in [-0.25, -0.2) is 19.3 Å². The van der Waals surface area contributed by atoms with Crippen molar-refractivity contribution in [2.24, 2.45) is 0 Å². The van der Waals surface area contributed by atoms with Crippen molar-refractivity contribution in [2.45, 2.75) is 26.4 Å². The van der Waals surface area contributed by atoms with Gasteiger partial charge in [-0.05, 0) is 75.4 Å². The van der Waals surface area contributed by atoms with E-state index in [1.807, 2.05) is 75.4 Å². The summed E-state index contributed by atoms with van der Waals surface area (Å²) in [5, 5.41) is 0.748. The predicted molar refractivity (Wildman–Crippen MR) is 123 cm³/mol. The van der Waals surface area contributed by atoms with Gasteiger partial charge < -0.3 is 14.2 Å². The summed E-state index contributed by atoms with van der Waals surface area (Å²) < 4.78 is 17.5. The van der Waals surface area contributed by atoms with E-state index in [4.69, 9.17) is 24.2 Å². The lowest BCUT2D eigenvalue weighted by molar-refractivity contribution is 0.0543. The summed E-state index contributed by atoms with van der Waals surface area (Å²) in [5.74, 6) is 1.98. The molecular formula is C25H25N3O4. The molecule has 0 aliphatic rings. The second-order valence-electron chi connectivity index (χ2n) is 8.26. The fourth-order valence-electron chi connectivity index (χ4n) is 3.31. The zero-order valence-corrected chi connectivity index (χ0v) is 18.7. The summed E-state index contributed by atoms with van der Waals surface area (Å²) in [5.41, 5.74) is 2.25. The van der Waals surface area contributed by atoms with Crippen LogP contribution in [0.5, 0.6) is 11.5 Å². The maximum absolute atomic E-state index is 12.8. The van der Waals surface area contributed by atoms with Gasteiger partial charge in [0.2, 0.25) is 0 Å².